The highest BCUT2D eigenvalue weighted by molar-refractivity contribution is 5.32. The van der Waals surface area contributed by atoms with Crippen LogP contribution in [-0.2, 0) is 0 Å². The van der Waals surface area contributed by atoms with E-state index in [0.717, 1.165) is 0 Å². The fourth-order valence-corrected chi connectivity index (χ4v) is 1.69. The van der Waals surface area contributed by atoms with Crippen molar-refractivity contribution in [1.82, 2.24) is 0 Å². The molecule has 0 aromatic heterocycles. The van der Waals surface area contributed by atoms with Crippen molar-refractivity contribution in [1.29, 1.82) is 0 Å². The first kappa shape index (κ1) is 12.7. The summed E-state index contributed by atoms with van der Waals surface area (Å²) < 4.78 is 12.8. The summed E-state index contributed by atoms with van der Waals surface area (Å²) in [6.07, 6.45) is -2.39. The van der Waals surface area contributed by atoms with E-state index in [9.17, 15) is 9.50 Å². The largest absolute Gasteiger partial charge is 0.384 e. The van der Waals surface area contributed by atoms with Gasteiger partial charge in [-0.15, -0.1) is 0 Å². The quantitative estimate of drug-likeness (QED) is 0.727. The third-order valence-electron chi connectivity index (χ3n) is 2.74. The molecule has 0 radical (unpaired) electrons. The molecule has 0 fully saturated rings. The average Bonchev–Trinajstić information content (AvgIpc) is 2.39. The van der Waals surface area contributed by atoms with Gasteiger partial charge in [0.15, 0.2) is 6.29 Å². The molecule has 0 aliphatic carbocycles. The zero-order valence-electron chi connectivity index (χ0n) is 9.49. The molecule has 2 rings (SSSR count). The zero-order chi connectivity index (χ0) is 13.1. The van der Waals surface area contributed by atoms with Crippen molar-refractivity contribution in [3.63, 3.8) is 0 Å². The molecule has 0 amide bonds. The average molecular weight is 248 g/mol. The molecule has 0 aliphatic rings. The monoisotopic (exact) mass is 248 g/mol. The Balaban J connectivity index is 2.23. The van der Waals surface area contributed by atoms with E-state index in [0.29, 0.717) is 16.7 Å². The Morgan fingerprint density at radius 2 is 1.06 bits per heavy atom. The Labute approximate surface area is 104 Å². The van der Waals surface area contributed by atoms with Gasteiger partial charge in [-0.1, -0.05) is 36.4 Å². The molecule has 0 spiro atoms. The van der Waals surface area contributed by atoms with E-state index < -0.39 is 12.4 Å². The summed E-state index contributed by atoms with van der Waals surface area (Å²) in [5, 5.41) is 28.0. The predicted molar refractivity (Wildman–Crippen MR) is 64.1 cm³/mol. The molecule has 4 heteroatoms. The van der Waals surface area contributed by atoms with Crippen LogP contribution in [0.15, 0.2) is 48.5 Å². The maximum atomic E-state index is 12.8. The lowest BCUT2D eigenvalue weighted by atomic mass is 10.0. The van der Waals surface area contributed by atoms with Crippen molar-refractivity contribution in [2.24, 2.45) is 0 Å². The number of benzene rings is 2. The summed E-state index contributed by atoms with van der Waals surface area (Å²) >= 11 is 0. The highest BCUT2D eigenvalue weighted by atomic mass is 19.1. The maximum absolute atomic E-state index is 12.8. The minimum absolute atomic E-state index is 0.352. The van der Waals surface area contributed by atoms with E-state index in [1.165, 1.54) is 36.4 Å². The molecule has 1 unspecified atom stereocenters. The van der Waals surface area contributed by atoms with E-state index in [4.69, 9.17) is 10.2 Å². The van der Waals surface area contributed by atoms with Crippen LogP contribution in [0.5, 0.6) is 0 Å². The highest BCUT2D eigenvalue weighted by Gasteiger charge is 2.11. The molecule has 94 valence electrons. The first-order valence-corrected chi connectivity index (χ1v) is 5.47. The minimum atomic E-state index is -1.53. The second kappa shape index (κ2) is 5.27. The first-order valence-electron chi connectivity index (χ1n) is 5.47. The van der Waals surface area contributed by atoms with Crippen molar-refractivity contribution in [2.75, 3.05) is 0 Å². The Kier molecular flexibility index (Phi) is 3.72. The molecule has 0 bridgehead atoms. The normalized spacial score (nSPS) is 12.7. The summed E-state index contributed by atoms with van der Waals surface area (Å²) in [5.74, 6) is -0.357. The number of hydrogen-bond acceptors (Lipinski definition) is 3. The van der Waals surface area contributed by atoms with Crippen LogP contribution in [0.4, 0.5) is 4.39 Å². The molecule has 2 aromatic rings. The van der Waals surface area contributed by atoms with Crippen LogP contribution >= 0.6 is 0 Å². The van der Waals surface area contributed by atoms with Crippen molar-refractivity contribution >= 4 is 0 Å². The molecule has 3 N–H and O–H groups in total. The molecular weight excluding hydrogens is 235 g/mol. The van der Waals surface area contributed by atoms with E-state index in [2.05, 4.69) is 0 Å². The van der Waals surface area contributed by atoms with E-state index in [1.54, 1.807) is 12.1 Å². The molecule has 18 heavy (non-hydrogen) atoms. The molecular formula is C14H13FO3. The van der Waals surface area contributed by atoms with Gasteiger partial charge >= 0.3 is 0 Å². The molecule has 0 aliphatic heterocycles. The number of aliphatic hydroxyl groups is 3. The van der Waals surface area contributed by atoms with Crippen molar-refractivity contribution in [3.8, 4) is 0 Å². The third kappa shape index (κ3) is 2.73. The Bertz CT molecular complexity index is 506. The highest BCUT2D eigenvalue weighted by Crippen LogP contribution is 2.23. The summed E-state index contributed by atoms with van der Waals surface area (Å²) in [6.45, 7) is 0. The lowest BCUT2D eigenvalue weighted by molar-refractivity contribution is -0.0425. The molecule has 0 heterocycles. The summed E-state index contributed by atoms with van der Waals surface area (Å²) in [4.78, 5) is 0. The zero-order valence-corrected chi connectivity index (χ0v) is 9.49. The van der Waals surface area contributed by atoms with Crippen LogP contribution in [-0.4, -0.2) is 15.3 Å². The molecule has 0 saturated heterocycles. The van der Waals surface area contributed by atoms with Gasteiger partial charge < -0.3 is 15.3 Å². The van der Waals surface area contributed by atoms with Gasteiger partial charge in [0.25, 0.3) is 0 Å². The first-order chi connectivity index (χ1) is 8.58. The smallest absolute Gasteiger partial charge is 0.178 e. The van der Waals surface area contributed by atoms with Crippen molar-refractivity contribution < 1.29 is 19.7 Å². The van der Waals surface area contributed by atoms with Crippen molar-refractivity contribution in [3.05, 3.63) is 71.0 Å². The molecule has 3 nitrogen and oxygen atoms in total. The number of rotatable bonds is 3. The SMILES string of the molecule is OC(O)c1ccc(C(O)c2ccc(F)cc2)cc1. The summed E-state index contributed by atoms with van der Waals surface area (Å²) in [5.41, 5.74) is 1.53. The van der Waals surface area contributed by atoms with Gasteiger partial charge in [0, 0.05) is 5.56 Å². The van der Waals surface area contributed by atoms with Crippen LogP contribution in [0.1, 0.15) is 29.1 Å². The van der Waals surface area contributed by atoms with Gasteiger partial charge in [-0.2, -0.15) is 0 Å². The third-order valence-corrected chi connectivity index (χ3v) is 2.74. The Morgan fingerprint density at radius 1 is 0.667 bits per heavy atom. The molecule has 2 aromatic carbocycles. The van der Waals surface area contributed by atoms with E-state index >= 15 is 0 Å². The summed E-state index contributed by atoms with van der Waals surface area (Å²) in [6, 6.07) is 11.8. The second-order valence-electron chi connectivity index (χ2n) is 3.99. The summed E-state index contributed by atoms with van der Waals surface area (Å²) in [7, 11) is 0. The lowest BCUT2D eigenvalue weighted by Crippen LogP contribution is -2.01. The van der Waals surface area contributed by atoms with Gasteiger partial charge in [-0.05, 0) is 23.3 Å². The van der Waals surface area contributed by atoms with Gasteiger partial charge in [-0.25, -0.2) is 4.39 Å². The second-order valence-corrected chi connectivity index (χ2v) is 3.99. The van der Waals surface area contributed by atoms with Crippen LogP contribution < -0.4 is 0 Å². The fourth-order valence-electron chi connectivity index (χ4n) is 1.69. The molecule has 0 saturated carbocycles. The number of halogens is 1. The maximum Gasteiger partial charge on any atom is 0.178 e. The van der Waals surface area contributed by atoms with Crippen molar-refractivity contribution in [2.45, 2.75) is 12.4 Å². The van der Waals surface area contributed by atoms with Crippen LogP contribution in [0, 0.1) is 5.82 Å². The van der Waals surface area contributed by atoms with Crippen LogP contribution in [0.25, 0.3) is 0 Å². The molecule has 1 atom stereocenters. The fraction of sp³-hybridized carbons (Fsp3) is 0.143. The Hall–Kier alpha value is -1.75. The minimum Gasteiger partial charge on any atom is -0.384 e. The lowest BCUT2D eigenvalue weighted by Gasteiger charge is -2.12. The van der Waals surface area contributed by atoms with Crippen LogP contribution in [0.3, 0.4) is 0 Å². The standard InChI is InChI=1S/C14H13FO3/c15-12-7-5-10(6-8-12)13(16)9-1-3-11(4-2-9)14(17)18/h1-8,13-14,16-18H. The van der Waals surface area contributed by atoms with Crippen LogP contribution in [0.2, 0.25) is 0 Å². The van der Waals surface area contributed by atoms with E-state index in [-0.39, 0.29) is 5.82 Å². The van der Waals surface area contributed by atoms with Gasteiger partial charge in [0.2, 0.25) is 0 Å². The van der Waals surface area contributed by atoms with E-state index in [1.807, 2.05) is 0 Å². The topological polar surface area (TPSA) is 60.7 Å². The number of aliphatic hydroxyl groups excluding tert-OH is 2. The number of hydrogen-bond donors (Lipinski definition) is 3. The van der Waals surface area contributed by atoms with Gasteiger partial charge in [-0.3, -0.25) is 0 Å². The predicted octanol–water partition coefficient (Wildman–Crippen LogP) is 1.89. The van der Waals surface area contributed by atoms with Gasteiger partial charge in [0.05, 0.1) is 0 Å². The Morgan fingerprint density at radius 3 is 1.50 bits per heavy atom. The van der Waals surface area contributed by atoms with Gasteiger partial charge in [0.1, 0.15) is 11.9 Å².